The minimum atomic E-state index is -2.74. The van der Waals surface area contributed by atoms with Crippen LogP contribution in [0.1, 0.15) is 46.5 Å². The van der Waals surface area contributed by atoms with E-state index >= 15 is 0 Å². The summed E-state index contributed by atoms with van der Waals surface area (Å²) in [5.74, 6) is -2.85. The lowest BCUT2D eigenvalue weighted by Gasteiger charge is -2.39. The first-order valence-corrected chi connectivity index (χ1v) is 7.51. The van der Waals surface area contributed by atoms with Gasteiger partial charge in [-0.2, -0.15) is 0 Å². The van der Waals surface area contributed by atoms with Crippen molar-refractivity contribution in [2.24, 2.45) is 10.8 Å². The Balaban J connectivity index is 1.74. The molecular weight excluding hydrogens is 262 g/mol. The van der Waals surface area contributed by atoms with Crippen molar-refractivity contribution in [1.29, 1.82) is 0 Å². The summed E-state index contributed by atoms with van der Waals surface area (Å²) in [6.45, 7) is 7.07. The Kier molecular flexibility index (Phi) is 2.96. The van der Waals surface area contributed by atoms with E-state index in [1.807, 2.05) is 4.90 Å². The van der Waals surface area contributed by atoms with E-state index in [0.29, 0.717) is 0 Å². The smallest absolute Gasteiger partial charge is 0.262 e. The van der Waals surface area contributed by atoms with Crippen LogP contribution in [-0.2, 0) is 4.79 Å². The maximum Gasteiger partial charge on any atom is 0.262 e. The number of carbonyl (C=O) groups is 1. The molecule has 2 aliphatic heterocycles. The van der Waals surface area contributed by atoms with Crippen LogP contribution < -0.4 is 5.32 Å². The van der Waals surface area contributed by atoms with E-state index in [9.17, 15) is 13.6 Å². The molecule has 3 aliphatic rings. The zero-order valence-electron chi connectivity index (χ0n) is 12.5. The zero-order valence-corrected chi connectivity index (χ0v) is 12.5. The molecule has 5 heteroatoms. The fraction of sp³-hybridized carbons (Fsp3) is 0.933. The summed E-state index contributed by atoms with van der Waals surface area (Å²) < 4.78 is 26.6. The molecule has 1 aliphatic carbocycles. The van der Waals surface area contributed by atoms with E-state index in [-0.39, 0.29) is 35.7 Å². The van der Waals surface area contributed by atoms with E-state index in [1.165, 1.54) is 0 Å². The van der Waals surface area contributed by atoms with Crippen LogP contribution in [0.15, 0.2) is 0 Å². The lowest BCUT2D eigenvalue weighted by Crippen LogP contribution is -2.46. The first-order valence-electron chi connectivity index (χ1n) is 7.51. The van der Waals surface area contributed by atoms with E-state index < -0.39 is 12.0 Å². The van der Waals surface area contributed by atoms with Gasteiger partial charge in [0.05, 0.1) is 12.6 Å². The first kappa shape index (κ1) is 14.2. The highest BCUT2D eigenvalue weighted by atomic mass is 19.3. The van der Waals surface area contributed by atoms with Crippen LogP contribution in [0.25, 0.3) is 0 Å². The van der Waals surface area contributed by atoms with Crippen LogP contribution >= 0.6 is 0 Å². The van der Waals surface area contributed by atoms with Gasteiger partial charge in [-0.15, -0.1) is 0 Å². The van der Waals surface area contributed by atoms with Gasteiger partial charge < -0.3 is 4.90 Å². The molecule has 0 radical (unpaired) electrons. The fourth-order valence-electron chi connectivity index (χ4n) is 4.81. The number of fused-ring (bicyclic) bond motifs is 2. The number of amides is 1. The van der Waals surface area contributed by atoms with Crippen molar-refractivity contribution in [2.75, 3.05) is 13.1 Å². The maximum atomic E-state index is 13.3. The summed E-state index contributed by atoms with van der Waals surface area (Å²) in [6, 6.07) is -0.469. The van der Waals surface area contributed by atoms with Crippen LogP contribution in [-0.4, -0.2) is 41.9 Å². The number of rotatable bonds is 1. The summed E-state index contributed by atoms with van der Waals surface area (Å²) in [7, 11) is 0. The average molecular weight is 286 g/mol. The topological polar surface area (TPSA) is 32.3 Å². The van der Waals surface area contributed by atoms with Crippen molar-refractivity contribution in [3.8, 4) is 0 Å². The number of alkyl halides is 2. The van der Waals surface area contributed by atoms with Crippen LogP contribution in [0.2, 0.25) is 0 Å². The number of hydrogen-bond donors (Lipinski definition) is 1. The lowest BCUT2D eigenvalue weighted by atomic mass is 9.65. The largest absolute Gasteiger partial charge is 0.338 e. The van der Waals surface area contributed by atoms with Gasteiger partial charge in [0, 0.05) is 19.0 Å². The third-order valence-electron chi connectivity index (χ3n) is 5.11. The number of hydrogen-bond acceptors (Lipinski definition) is 2. The predicted octanol–water partition coefficient (Wildman–Crippen LogP) is 2.41. The molecule has 2 heterocycles. The van der Waals surface area contributed by atoms with Crippen molar-refractivity contribution in [3.05, 3.63) is 0 Å². The van der Waals surface area contributed by atoms with Crippen LogP contribution in [0, 0.1) is 10.8 Å². The molecule has 2 saturated heterocycles. The molecule has 3 atom stereocenters. The summed E-state index contributed by atoms with van der Waals surface area (Å²) in [4.78, 5) is 14.4. The van der Waals surface area contributed by atoms with Gasteiger partial charge in [-0.3, -0.25) is 10.1 Å². The molecule has 0 spiro atoms. The molecule has 114 valence electrons. The standard InChI is InChI=1S/C15H24F2N2O/c1-13(2)4-10-5-14(3,7-13)9-19(10)12(20)11-6-15(16,17)8-18-11/h10-11,18H,4-9H2,1-3H3. The number of nitrogens with one attached hydrogen (secondary N) is 1. The van der Waals surface area contributed by atoms with Crippen molar-refractivity contribution in [1.82, 2.24) is 10.2 Å². The highest BCUT2D eigenvalue weighted by Crippen LogP contribution is 2.52. The monoisotopic (exact) mass is 286 g/mol. The van der Waals surface area contributed by atoms with Gasteiger partial charge >= 0.3 is 0 Å². The average Bonchev–Trinajstić information content (AvgIpc) is 2.74. The quantitative estimate of drug-likeness (QED) is 0.803. The normalized spacial score (nSPS) is 42.0. The number of nitrogens with zero attached hydrogens (tertiary/aromatic N) is 1. The Labute approximate surface area is 119 Å². The van der Waals surface area contributed by atoms with Gasteiger partial charge in [0.1, 0.15) is 0 Å². The fourth-order valence-corrected chi connectivity index (χ4v) is 4.81. The van der Waals surface area contributed by atoms with Gasteiger partial charge in [0.15, 0.2) is 0 Å². The SMILES string of the molecule is CC1(C)CC2CC(C)(CN2C(=O)C2CC(F)(F)CN2)C1. The molecule has 3 unspecified atom stereocenters. The molecule has 0 aromatic rings. The molecule has 1 amide bonds. The first-order chi connectivity index (χ1) is 9.09. The summed E-state index contributed by atoms with van der Waals surface area (Å²) in [5.41, 5.74) is 0.392. The Bertz CT molecular complexity index is 438. The van der Waals surface area contributed by atoms with Gasteiger partial charge in [-0.25, -0.2) is 8.78 Å². The minimum absolute atomic E-state index is 0.117. The summed E-state index contributed by atoms with van der Waals surface area (Å²) in [5, 5.41) is 2.70. The second-order valence-corrected chi connectivity index (χ2v) is 8.17. The summed E-state index contributed by atoms with van der Waals surface area (Å²) in [6.07, 6.45) is 2.76. The molecule has 3 nitrogen and oxygen atoms in total. The van der Waals surface area contributed by atoms with E-state index in [2.05, 4.69) is 26.1 Å². The van der Waals surface area contributed by atoms with Gasteiger partial charge in [-0.1, -0.05) is 20.8 Å². The van der Waals surface area contributed by atoms with E-state index in [0.717, 1.165) is 25.8 Å². The Morgan fingerprint density at radius 1 is 1.20 bits per heavy atom. The number of likely N-dealkylation sites (tertiary alicyclic amines) is 1. The molecule has 3 rings (SSSR count). The lowest BCUT2D eigenvalue weighted by molar-refractivity contribution is -0.134. The number of carbonyl (C=O) groups excluding carboxylic acids is 1. The van der Waals surface area contributed by atoms with Crippen molar-refractivity contribution < 1.29 is 13.6 Å². The van der Waals surface area contributed by atoms with Crippen LogP contribution in [0.3, 0.4) is 0 Å². The van der Waals surface area contributed by atoms with E-state index in [4.69, 9.17) is 0 Å². The molecule has 1 N–H and O–H groups in total. The second kappa shape index (κ2) is 4.15. The van der Waals surface area contributed by atoms with Gasteiger partial charge in [-0.05, 0) is 30.1 Å². The van der Waals surface area contributed by atoms with Crippen molar-refractivity contribution in [2.45, 2.75) is 64.5 Å². The van der Waals surface area contributed by atoms with Crippen molar-refractivity contribution in [3.63, 3.8) is 0 Å². The minimum Gasteiger partial charge on any atom is -0.338 e. The molecule has 0 aromatic heterocycles. The van der Waals surface area contributed by atoms with Crippen LogP contribution in [0.4, 0.5) is 8.78 Å². The maximum absolute atomic E-state index is 13.3. The van der Waals surface area contributed by atoms with Crippen LogP contribution in [0.5, 0.6) is 0 Å². The highest BCUT2D eigenvalue weighted by Gasteiger charge is 2.53. The molecule has 0 aromatic carbocycles. The second-order valence-electron chi connectivity index (χ2n) is 8.17. The molecular formula is C15H24F2N2O. The summed E-state index contributed by atoms with van der Waals surface area (Å²) >= 11 is 0. The van der Waals surface area contributed by atoms with E-state index in [1.54, 1.807) is 0 Å². The molecule has 1 saturated carbocycles. The number of halogens is 2. The third kappa shape index (κ3) is 2.45. The van der Waals surface area contributed by atoms with Gasteiger partial charge in [0.25, 0.3) is 5.92 Å². The molecule has 20 heavy (non-hydrogen) atoms. The third-order valence-corrected chi connectivity index (χ3v) is 5.11. The highest BCUT2D eigenvalue weighted by molar-refractivity contribution is 5.83. The Hall–Kier alpha value is -0.710. The Morgan fingerprint density at radius 2 is 1.90 bits per heavy atom. The molecule has 3 fully saturated rings. The molecule has 2 bridgehead atoms. The predicted molar refractivity (Wildman–Crippen MR) is 72.6 cm³/mol. The Morgan fingerprint density at radius 3 is 2.50 bits per heavy atom. The zero-order chi connectivity index (χ0) is 14.8. The van der Waals surface area contributed by atoms with Crippen molar-refractivity contribution >= 4 is 5.91 Å². The van der Waals surface area contributed by atoms with Gasteiger partial charge in [0.2, 0.25) is 5.91 Å².